The van der Waals surface area contributed by atoms with Crippen LogP contribution in [0.3, 0.4) is 0 Å². The number of nitrogens with one attached hydrogen (secondary N) is 1. The van der Waals surface area contributed by atoms with Gasteiger partial charge >= 0.3 is 0 Å². The van der Waals surface area contributed by atoms with Crippen molar-refractivity contribution in [2.45, 2.75) is 51.6 Å². The number of likely N-dealkylation sites (tertiary alicyclic amines) is 1. The number of primary amides is 1. The van der Waals surface area contributed by atoms with Crippen molar-refractivity contribution in [3.8, 4) is 10.4 Å². The number of nitrogens with two attached hydrogens (primary N) is 1. The van der Waals surface area contributed by atoms with Crippen LogP contribution >= 0.6 is 11.3 Å². The number of amides is 3. The van der Waals surface area contributed by atoms with Gasteiger partial charge < -0.3 is 16.0 Å². The monoisotopic (exact) mass is 412 g/mol. The summed E-state index contributed by atoms with van der Waals surface area (Å²) in [6.07, 6.45) is 3.63. The highest BCUT2D eigenvalue weighted by Gasteiger charge is 2.49. The van der Waals surface area contributed by atoms with Crippen LogP contribution in [-0.2, 0) is 9.59 Å². The first-order valence-corrected chi connectivity index (χ1v) is 10.6. The molecule has 2 aromatic rings. The number of nitrogens with zero attached hydrogens (tertiary/aromatic N) is 2. The molecule has 0 bridgehead atoms. The van der Waals surface area contributed by atoms with Gasteiger partial charge in [0.05, 0.1) is 9.88 Å². The predicted molar refractivity (Wildman–Crippen MR) is 111 cm³/mol. The maximum atomic E-state index is 13.6. The third-order valence-electron chi connectivity index (χ3n) is 5.78. The van der Waals surface area contributed by atoms with Gasteiger partial charge in [-0.25, -0.2) is 4.98 Å². The zero-order chi connectivity index (χ0) is 20.7. The summed E-state index contributed by atoms with van der Waals surface area (Å²) in [5.74, 6) is -0.503. The van der Waals surface area contributed by atoms with Crippen LogP contribution in [0.2, 0.25) is 0 Å². The first-order valence-electron chi connectivity index (χ1n) is 9.82. The van der Waals surface area contributed by atoms with E-state index in [9.17, 15) is 14.4 Å². The van der Waals surface area contributed by atoms with Gasteiger partial charge in [-0.15, -0.1) is 11.3 Å². The Balaban J connectivity index is 1.72. The van der Waals surface area contributed by atoms with Gasteiger partial charge in [0.1, 0.15) is 11.7 Å². The highest BCUT2D eigenvalue weighted by molar-refractivity contribution is 7.15. The highest BCUT2D eigenvalue weighted by atomic mass is 32.1. The van der Waals surface area contributed by atoms with Crippen molar-refractivity contribution in [3.05, 3.63) is 35.0 Å². The average Bonchev–Trinajstić information content (AvgIpc) is 3.34. The third-order valence-corrected chi connectivity index (χ3v) is 6.80. The first kappa shape index (κ1) is 19.6. The van der Waals surface area contributed by atoms with E-state index in [1.165, 1.54) is 18.3 Å². The maximum absolute atomic E-state index is 13.6. The van der Waals surface area contributed by atoms with Crippen LogP contribution in [0, 0.1) is 12.8 Å². The largest absolute Gasteiger partial charge is 0.368 e. The van der Waals surface area contributed by atoms with Gasteiger partial charge in [-0.1, -0.05) is 18.6 Å². The number of aromatic nitrogens is 1. The molecule has 3 amide bonds. The molecule has 8 heteroatoms. The molecule has 2 aliphatic rings. The Bertz CT molecular complexity index is 986. The molecule has 0 unspecified atom stereocenters. The molecule has 1 aliphatic heterocycles. The molecular formula is C21H24N4O3S. The van der Waals surface area contributed by atoms with Gasteiger partial charge in [0.15, 0.2) is 0 Å². The smallest absolute Gasteiger partial charge is 0.274 e. The lowest BCUT2D eigenvalue weighted by atomic mass is 10.0. The Morgan fingerprint density at radius 1 is 1.28 bits per heavy atom. The number of fused-ring (bicyclic) bond motifs is 1. The zero-order valence-corrected chi connectivity index (χ0v) is 17.3. The van der Waals surface area contributed by atoms with E-state index in [2.05, 4.69) is 10.3 Å². The molecule has 29 heavy (non-hydrogen) atoms. The zero-order valence-electron chi connectivity index (χ0n) is 16.5. The molecule has 7 nitrogen and oxygen atoms in total. The van der Waals surface area contributed by atoms with Crippen molar-refractivity contribution in [1.29, 1.82) is 0 Å². The number of hydrogen-bond donors (Lipinski definition) is 2. The van der Waals surface area contributed by atoms with E-state index in [-0.39, 0.29) is 17.9 Å². The quantitative estimate of drug-likeness (QED) is 0.805. The molecular weight excluding hydrogens is 388 g/mol. The number of benzene rings is 1. The molecule has 0 spiro atoms. The number of carbonyl (C=O) groups is 3. The summed E-state index contributed by atoms with van der Waals surface area (Å²) in [5.41, 5.74) is 7.46. The Kier molecular flexibility index (Phi) is 5.12. The summed E-state index contributed by atoms with van der Waals surface area (Å²) in [5, 5.41) is 3.54. The summed E-state index contributed by atoms with van der Waals surface area (Å²) in [6.45, 7) is 3.31. The second-order valence-corrected chi connectivity index (χ2v) is 9.00. The van der Waals surface area contributed by atoms with Crippen LogP contribution in [-0.4, -0.2) is 39.7 Å². The molecule has 3 N–H and O–H groups in total. The number of thiazole rings is 1. The minimum Gasteiger partial charge on any atom is -0.368 e. The molecule has 1 aromatic carbocycles. The minimum atomic E-state index is -0.571. The van der Waals surface area contributed by atoms with E-state index in [1.807, 2.05) is 25.1 Å². The molecule has 0 radical (unpaired) electrons. The van der Waals surface area contributed by atoms with Gasteiger partial charge in [0.25, 0.3) is 5.91 Å². The highest BCUT2D eigenvalue weighted by Crippen LogP contribution is 2.43. The predicted octanol–water partition coefficient (Wildman–Crippen LogP) is 2.95. The summed E-state index contributed by atoms with van der Waals surface area (Å²) < 4.78 is 0. The Morgan fingerprint density at radius 3 is 2.79 bits per heavy atom. The maximum Gasteiger partial charge on any atom is 0.274 e. The molecule has 4 rings (SSSR count). The standard InChI is InChI=1S/C21H24N4O3S/c1-11(26)23-15-7-3-6-14(9-15)19-18(24-12(2)29-19)21(28)25-16-8-4-5-13(16)10-17(25)20(22)27/h3,6-7,9,13,16-17H,4-5,8,10H2,1-2H3,(H2,22,27)(H,23,26)/t13-,16-,17-/m0/s1. The van der Waals surface area contributed by atoms with Crippen molar-refractivity contribution < 1.29 is 14.4 Å². The van der Waals surface area contributed by atoms with Crippen molar-refractivity contribution in [1.82, 2.24) is 9.88 Å². The van der Waals surface area contributed by atoms with Crippen molar-refractivity contribution in [2.24, 2.45) is 11.7 Å². The normalized spacial score (nSPS) is 23.1. The van der Waals surface area contributed by atoms with E-state index < -0.39 is 11.9 Å². The number of anilines is 1. The Hall–Kier alpha value is -2.74. The van der Waals surface area contributed by atoms with Gasteiger partial charge in [-0.2, -0.15) is 0 Å². The summed E-state index contributed by atoms with van der Waals surface area (Å²) in [4.78, 5) is 44.0. The van der Waals surface area contributed by atoms with Crippen LogP contribution in [0.5, 0.6) is 0 Å². The Morgan fingerprint density at radius 2 is 2.07 bits per heavy atom. The fraction of sp³-hybridized carbons (Fsp3) is 0.429. The lowest BCUT2D eigenvalue weighted by Gasteiger charge is -2.28. The van der Waals surface area contributed by atoms with Crippen molar-refractivity contribution in [3.63, 3.8) is 0 Å². The van der Waals surface area contributed by atoms with Gasteiger partial charge in [0, 0.05) is 18.7 Å². The van der Waals surface area contributed by atoms with Gasteiger partial charge in [-0.05, 0) is 49.8 Å². The second-order valence-electron chi connectivity index (χ2n) is 7.80. The topological polar surface area (TPSA) is 105 Å². The van der Waals surface area contributed by atoms with E-state index >= 15 is 0 Å². The van der Waals surface area contributed by atoms with E-state index in [4.69, 9.17) is 5.73 Å². The van der Waals surface area contributed by atoms with Gasteiger partial charge in [-0.3, -0.25) is 14.4 Å². The molecule has 1 aliphatic carbocycles. The number of aryl methyl sites for hydroxylation is 1. The molecule has 2 fully saturated rings. The van der Waals surface area contributed by atoms with E-state index in [1.54, 1.807) is 11.0 Å². The van der Waals surface area contributed by atoms with Crippen LogP contribution in [0.1, 0.15) is 48.1 Å². The fourth-order valence-electron chi connectivity index (χ4n) is 4.67. The molecule has 1 saturated heterocycles. The fourth-order valence-corrected chi connectivity index (χ4v) is 5.57. The van der Waals surface area contributed by atoms with Crippen LogP contribution < -0.4 is 11.1 Å². The lowest BCUT2D eigenvalue weighted by Crippen LogP contribution is -2.47. The van der Waals surface area contributed by atoms with Crippen LogP contribution in [0.25, 0.3) is 10.4 Å². The summed E-state index contributed by atoms with van der Waals surface area (Å²) in [6, 6.07) is 6.84. The molecule has 1 aromatic heterocycles. The number of rotatable bonds is 4. The van der Waals surface area contributed by atoms with Crippen LogP contribution in [0.15, 0.2) is 24.3 Å². The summed E-state index contributed by atoms with van der Waals surface area (Å²) >= 11 is 1.43. The van der Waals surface area contributed by atoms with E-state index in [0.717, 1.165) is 34.7 Å². The molecule has 1 saturated carbocycles. The average molecular weight is 413 g/mol. The summed E-state index contributed by atoms with van der Waals surface area (Å²) in [7, 11) is 0. The lowest BCUT2D eigenvalue weighted by molar-refractivity contribution is -0.122. The Labute approximate surface area is 173 Å². The minimum absolute atomic E-state index is 0.0561. The third kappa shape index (κ3) is 3.64. The number of hydrogen-bond acceptors (Lipinski definition) is 5. The van der Waals surface area contributed by atoms with Gasteiger partial charge in [0.2, 0.25) is 11.8 Å². The molecule has 2 heterocycles. The SMILES string of the molecule is CC(=O)Nc1cccc(-c2sc(C)nc2C(=O)N2[C@H](C(N)=O)C[C@@H]3CCC[C@@H]32)c1. The molecule has 152 valence electrons. The second kappa shape index (κ2) is 7.59. The van der Waals surface area contributed by atoms with Crippen molar-refractivity contribution in [2.75, 3.05) is 5.32 Å². The molecule has 3 atom stereocenters. The van der Waals surface area contributed by atoms with Crippen molar-refractivity contribution >= 4 is 34.7 Å². The first-order chi connectivity index (χ1) is 13.8. The van der Waals surface area contributed by atoms with E-state index in [0.29, 0.717) is 23.7 Å². The number of carbonyl (C=O) groups excluding carboxylic acids is 3. The van der Waals surface area contributed by atoms with Crippen LogP contribution in [0.4, 0.5) is 5.69 Å².